The Morgan fingerprint density at radius 2 is 2.00 bits per heavy atom. The molecule has 4 heteroatoms. The number of aromatic nitrogens is 3. The molecule has 2 N–H and O–H groups in total. The summed E-state index contributed by atoms with van der Waals surface area (Å²) in [6.07, 6.45) is 3.80. The second-order valence-electron chi connectivity index (χ2n) is 4.90. The van der Waals surface area contributed by atoms with Crippen LogP contribution in [0.4, 0.5) is 0 Å². The molecule has 0 saturated heterocycles. The lowest BCUT2D eigenvalue weighted by Gasteiger charge is -2.26. The summed E-state index contributed by atoms with van der Waals surface area (Å²) in [6.45, 7) is 1.28. The standard InChI is InChI=1S/C14H18N4/c15-9-13-14(12-7-4-8-12)18(17-16-13)10-11-5-2-1-3-6-11/h1-3,5-6,12H,4,7-10,15H2. The zero-order valence-corrected chi connectivity index (χ0v) is 10.4. The van der Waals surface area contributed by atoms with Gasteiger partial charge in [0.1, 0.15) is 0 Å². The normalized spacial score (nSPS) is 15.6. The summed E-state index contributed by atoms with van der Waals surface area (Å²) in [4.78, 5) is 0. The van der Waals surface area contributed by atoms with Gasteiger partial charge in [-0.05, 0) is 18.4 Å². The van der Waals surface area contributed by atoms with Crippen LogP contribution >= 0.6 is 0 Å². The van der Waals surface area contributed by atoms with E-state index < -0.39 is 0 Å². The molecule has 0 radical (unpaired) electrons. The number of nitrogens with two attached hydrogens (primary N) is 1. The summed E-state index contributed by atoms with van der Waals surface area (Å²) in [5, 5.41) is 8.49. The first-order chi connectivity index (χ1) is 8.88. The van der Waals surface area contributed by atoms with Crippen molar-refractivity contribution in [1.82, 2.24) is 15.0 Å². The first kappa shape index (κ1) is 11.4. The van der Waals surface area contributed by atoms with Crippen molar-refractivity contribution in [2.24, 2.45) is 5.73 Å². The van der Waals surface area contributed by atoms with Crippen LogP contribution in [0.2, 0.25) is 0 Å². The van der Waals surface area contributed by atoms with E-state index in [1.165, 1.54) is 30.5 Å². The molecule has 3 rings (SSSR count). The molecule has 1 aliphatic carbocycles. The first-order valence-electron chi connectivity index (χ1n) is 6.54. The Kier molecular flexibility index (Phi) is 3.11. The molecule has 1 saturated carbocycles. The number of hydrogen-bond acceptors (Lipinski definition) is 3. The summed E-state index contributed by atoms with van der Waals surface area (Å²) in [7, 11) is 0. The molecule has 0 spiro atoms. The molecular weight excluding hydrogens is 224 g/mol. The fourth-order valence-electron chi connectivity index (χ4n) is 2.50. The number of nitrogens with zero attached hydrogens (tertiary/aromatic N) is 3. The fourth-order valence-corrected chi connectivity index (χ4v) is 2.50. The van der Waals surface area contributed by atoms with Crippen molar-refractivity contribution in [2.45, 2.75) is 38.3 Å². The molecular formula is C14H18N4. The minimum absolute atomic E-state index is 0.487. The van der Waals surface area contributed by atoms with E-state index in [1.54, 1.807) is 0 Å². The van der Waals surface area contributed by atoms with Crippen LogP contribution in [-0.2, 0) is 13.1 Å². The molecule has 1 heterocycles. The van der Waals surface area contributed by atoms with Crippen molar-refractivity contribution in [2.75, 3.05) is 0 Å². The van der Waals surface area contributed by atoms with Crippen LogP contribution in [-0.4, -0.2) is 15.0 Å². The minimum atomic E-state index is 0.487. The van der Waals surface area contributed by atoms with Crippen molar-refractivity contribution in [3.8, 4) is 0 Å². The molecule has 4 nitrogen and oxygen atoms in total. The lowest BCUT2D eigenvalue weighted by Crippen LogP contribution is -2.18. The molecule has 2 aromatic rings. The summed E-state index contributed by atoms with van der Waals surface area (Å²) in [5.74, 6) is 0.613. The molecule has 1 fully saturated rings. The molecule has 0 unspecified atom stereocenters. The maximum Gasteiger partial charge on any atom is 0.0997 e. The van der Waals surface area contributed by atoms with Crippen LogP contribution in [0.5, 0.6) is 0 Å². The van der Waals surface area contributed by atoms with E-state index in [0.717, 1.165) is 12.2 Å². The smallest absolute Gasteiger partial charge is 0.0997 e. The summed E-state index contributed by atoms with van der Waals surface area (Å²) in [6, 6.07) is 10.4. The average molecular weight is 242 g/mol. The van der Waals surface area contributed by atoms with E-state index >= 15 is 0 Å². The van der Waals surface area contributed by atoms with Gasteiger partial charge in [-0.15, -0.1) is 5.10 Å². The quantitative estimate of drug-likeness (QED) is 0.892. The van der Waals surface area contributed by atoms with Crippen LogP contribution in [0.25, 0.3) is 0 Å². The van der Waals surface area contributed by atoms with Gasteiger partial charge in [0.2, 0.25) is 0 Å². The molecule has 0 amide bonds. The van der Waals surface area contributed by atoms with Gasteiger partial charge in [-0.3, -0.25) is 0 Å². The van der Waals surface area contributed by atoms with Gasteiger partial charge in [-0.2, -0.15) is 0 Å². The molecule has 0 aliphatic heterocycles. The number of benzene rings is 1. The predicted molar refractivity (Wildman–Crippen MR) is 70.0 cm³/mol. The average Bonchev–Trinajstić information content (AvgIpc) is 2.72. The Balaban J connectivity index is 1.89. The highest BCUT2D eigenvalue weighted by Gasteiger charge is 2.27. The third kappa shape index (κ3) is 2.04. The molecule has 1 aliphatic rings. The lowest BCUT2D eigenvalue weighted by molar-refractivity contribution is 0.390. The topological polar surface area (TPSA) is 56.7 Å². The second-order valence-corrected chi connectivity index (χ2v) is 4.90. The van der Waals surface area contributed by atoms with Crippen LogP contribution in [0, 0.1) is 0 Å². The molecule has 94 valence electrons. The molecule has 1 aromatic heterocycles. The Bertz CT molecular complexity index is 514. The van der Waals surface area contributed by atoms with Gasteiger partial charge in [0.15, 0.2) is 0 Å². The van der Waals surface area contributed by atoms with E-state index in [-0.39, 0.29) is 0 Å². The highest BCUT2D eigenvalue weighted by atomic mass is 15.4. The van der Waals surface area contributed by atoms with Gasteiger partial charge in [0, 0.05) is 12.5 Å². The monoisotopic (exact) mass is 242 g/mol. The van der Waals surface area contributed by atoms with Crippen LogP contribution in [0.3, 0.4) is 0 Å². The van der Waals surface area contributed by atoms with Gasteiger partial charge in [-0.1, -0.05) is 42.0 Å². The maximum absolute atomic E-state index is 5.76. The van der Waals surface area contributed by atoms with E-state index in [0.29, 0.717) is 12.5 Å². The first-order valence-corrected chi connectivity index (χ1v) is 6.54. The minimum Gasteiger partial charge on any atom is -0.325 e. The van der Waals surface area contributed by atoms with Crippen LogP contribution in [0.1, 0.15) is 42.1 Å². The maximum atomic E-state index is 5.76. The van der Waals surface area contributed by atoms with Gasteiger partial charge in [0.05, 0.1) is 17.9 Å². The van der Waals surface area contributed by atoms with E-state index in [4.69, 9.17) is 5.73 Å². The third-order valence-electron chi connectivity index (χ3n) is 3.71. The molecule has 18 heavy (non-hydrogen) atoms. The summed E-state index contributed by atoms with van der Waals surface area (Å²) < 4.78 is 2.03. The largest absolute Gasteiger partial charge is 0.325 e. The third-order valence-corrected chi connectivity index (χ3v) is 3.71. The van der Waals surface area contributed by atoms with Crippen molar-refractivity contribution in [3.05, 3.63) is 47.3 Å². The van der Waals surface area contributed by atoms with Crippen molar-refractivity contribution >= 4 is 0 Å². The number of hydrogen-bond donors (Lipinski definition) is 1. The highest BCUT2D eigenvalue weighted by molar-refractivity contribution is 5.21. The Morgan fingerprint density at radius 3 is 2.61 bits per heavy atom. The summed E-state index contributed by atoms with van der Waals surface area (Å²) in [5.41, 5.74) is 9.24. The van der Waals surface area contributed by atoms with Gasteiger partial charge in [-0.25, -0.2) is 4.68 Å². The number of rotatable bonds is 4. The van der Waals surface area contributed by atoms with Crippen LogP contribution in [0.15, 0.2) is 30.3 Å². The lowest BCUT2D eigenvalue weighted by atomic mass is 9.82. The Labute approximate surface area is 107 Å². The Morgan fingerprint density at radius 1 is 1.22 bits per heavy atom. The van der Waals surface area contributed by atoms with Gasteiger partial charge < -0.3 is 5.73 Å². The SMILES string of the molecule is NCc1nnn(Cc2ccccc2)c1C1CCC1. The molecule has 1 aromatic carbocycles. The fraction of sp³-hybridized carbons (Fsp3) is 0.429. The zero-order chi connectivity index (χ0) is 12.4. The highest BCUT2D eigenvalue weighted by Crippen LogP contribution is 2.37. The molecule has 0 bridgehead atoms. The van der Waals surface area contributed by atoms with E-state index in [2.05, 4.69) is 34.6 Å². The summed E-state index contributed by atoms with van der Waals surface area (Å²) >= 11 is 0. The van der Waals surface area contributed by atoms with Gasteiger partial charge >= 0.3 is 0 Å². The van der Waals surface area contributed by atoms with E-state index in [1.807, 2.05) is 10.7 Å². The Hall–Kier alpha value is -1.68. The van der Waals surface area contributed by atoms with Crippen molar-refractivity contribution < 1.29 is 0 Å². The predicted octanol–water partition coefficient (Wildman–Crippen LogP) is 2.05. The van der Waals surface area contributed by atoms with Gasteiger partial charge in [0.25, 0.3) is 0 Å². The zero-order valence-electron chi connectivity index (χ0n) is 10.4. The molecule has 0 atom stereocenters. The van der Waals surface area contributed by atoms with E-state index in [9.17, 15) is 0 Å². The second kappa shape index (κ2) is 4.90. The van der Waals surface area contributed by atoms with Crippen LogP contribution < -0.4 is 5.73 Å². The van der Waals surface area contributed by atoms with Crippen molar-refractivity contribution in [1.29, 1.82) is 0 Å². The van der Waals surface area contributed by atoms with Crippen molar-refractivity contribution in [3.63, 3.8) is 0 Å².